The number of pyridine rings is 1. The number of benzene rings is 2. The predicted octanol–water partition coefficient (Wildman–Crippen LogP) is 4.92. The number of para-hydroxylation sites is 1. The Morgan fingerprint density at radius 2 is 1.88 bits per heavy atom. The van der Waals surface area contributed by atoms with Gasteiger partial charge in [0.1, 0.15) is 0 Å². The van der Waals surface area contributed by atoms with E-state index < -0.39 is 0 Å². The van der Waals surface area contributed by atoms with Crippen LogP contribution in [0.5, 0.6) is 0 Å². The molecule has 4 nitrogen and oxygen atoms in total. The van der Waals surface area contributed by atoms with E-state index in [1.807, 2.05) is 61.5 Å². The molecule has 25 heavy (non-hydrogen) atoms. The van der Waals surface area contributed by atoms with Crippen molar-refractivity contribution in [3.05, 3.63) is 88.2 Å². The van der Waals surface area contributed by atoms with Crippen LogP contribution >= 0.6 is 15.9 Å². The van der Waals surface area contributed by atoms with Crippen LogP contribution in [0, 0.1) is 6.92 Å². The molecular formula is C20H16BrN3O. The minimum atomic E-state index is -0.356. The molecule has 2 aromatic carbocycles. The molecule has 2 heterocycles. The summed E-state index contributed by atoms with van der Waals surface area (Å²) in [5.74, 6) is -0.0463. The summed E-state index contributed by atoms with van der Waals surface area (Å²) in [7, 11) is 0. The van der Waals surface area contributed by atoms with Crippen molar-refractivity contribution in [2.75, 3.05) is 10.2 Å². The summed E-state index contributed by atoms with van der Waals surface area (Å²) in [6, 6.07) is 19.4. The quantitative estimate of drug-likeness (QED) is 0.686. The highest BCUT2D eigenvalue weighted by Gasteiger charge is 2.39. The lowest BCUT2D eigenvalue weighted by molar-refractivity contribution is 0.0993. The average Bonchev–Trinajstić information content (AvgIpc) is 2.91. The summed E-state index contributed by atoms with van der Waals surface area (Å²) in [5.41, 5.74) is 4.29. The van der Waals surface area contributed by atoms with E-state index in [0.29, 0.717) is 5.56 Å². The number of hydrogen-bond donors (Lipinski definition) is 1. The molecule has 0 saturated carbocycles. The van der Waals surface area contributed by atoms with Crippen molar-refractivity contribution in [1.29, 1.82) is 0 Å². The van der Waals surface area contributed by atoms with Crippen molar-refractivity contribution in [3.63, 3.8) is 0 Å². The monoisotopic (exact) mass is 393 g/mol. The number of fused-ring (bicyclic) bond motifs is 1. The van der Waals surface area contributed by atoms with E-state index in [2.05, 4.69) is 26.2 Å². The second kappa shape index (κ2) is 6.33. The molecule has 0 bridgehead atoms. The summed E-state index contributed by atoms with van der Waals surface area (Å²) >= 11 is 3.60. The topological polar surface area (TPSA) is 45.2 Å². The summed E-state index contributed by atoms with van der Waals surface area (Å²) in [6.07, 6.45) is 1.37. The molecule has 3 aromatic rings. The maximum absolute atomic E-state index is 13.0. The molecule has 1 amide bonds. The number of aryl methyl sites for hydroxylation is 1. The number of carbonyl (C=O) groups is 1. The Hall–Kier alpha value is -2.66. The molecule has 1 aliphatic heterocycles. The van der Waals surface area contributed by atoms with Gasteiger partial charge in [-0.15, -0.1) is 0 Å². The summed E-state index contributed by atoms with van der Waals surface area (Å²) in [5, 5.41) is 3.47. The number of anilines is 2. The van der Waals surface area contributed by atoms with Gasteiger partial charge in [0.15, 0.2) is 6.17 Å². The van der Waals surface area contributed by atoms with Gasteiger partial charge in [-0.1, -0.05) is 24.3 Å². The second-order valence-electron chi connectivity index (χ2n) is 5.98. The number of amides is 1. The highest BCUT2D eigenvalue weighted by atomic mass is 79.9. The van der Waals surface area contributed by atoms with Gasteiger partial charge in [0.25, 0.3) is 5.91 Å². The SMILES string of the molecule is Cc1ccc(NC2c3ncccc3C(=O)N2c2ccccc2)c(Br)c1. The fourth-order valence-corrected chi connectivity index (χ4v) is 3.67. The van der Waals surface area contributed by atoms with E-state index in [0.717, 1.165) is 21.5 Å². The van der Waals surface area contributed by atoms with E-state index in [9.17, 15) is 4.79 Å². The lowest BCUT2D eigenvalue weighted by atomic mass is 10.2. The lowest BCUT2D eigenvalue weighted by Crippen LogP contribution is -2.32. The lowest BCUT2D eigenvalue weighted by Gasteiger charge is -2.27. The van der Waals surface area contributed by atoms with Gasteiger partial charge in [-0.2, -0.15) is 0 Å². The number of aromatic nitrogens is 1. The van der Waals surface area contributed by atoms with E-state index >= 15 is 0 Å². The molecule has 1 atom stereocenters. The number of halogens is 1. The largest absolute Gasteiger partial charge is 0.359 e. The van der Waals surface area contributed by atoms with Gasteiger partial charge >= 0.3 is 0 Å². The van der Waals surface area contributed by atoms with Crippen LogP contribution in [0.25, 0.3) is 0 Å². The van der Waals surface area contributed by atoms with Crippen LogP contribution in [-0.2, 0) is 0 Å². The first-order valence-corrected chi connectivity index (χ1v) is 8.80. The smallest absolute Gasteiger partial charge is 0.262 e. The van der Waals surface area contributed by atoms with Gasteiger partial charge in [0.2, 0.25) is 0 Å². The first-order valence-electron chi connectivity index (χ1n) is 8.01. The number of carbonyl (C=O) groups excluding carboxylic acids is 1. The number of hydrogen-bond acceptors (Lipinski definition) is 3. The molecule has 1 N–H and O–H groups in total. The third kappa shape index (κ3) is 2.81. The average molecular weight is 394 g/mol. The zero-order valence-corrected chi connectivity index (χ0v) is 15.2. The van der Waals surface area contributed by atoms with Crippen LogP contribution in [0.1, 0.15) is 27.8 Å². The molecule has 1 aromatic heterocycles. The van der Waals surface area contributed by atoms with Gasteiger partial charge in [-0.05, 0) is 64.8 Å². The normalized spacial score (nSPS) is 16.0. The molecule has 0 fully saturated rings. The minimum absolute atomic E-state index is 0.0463. The van der Waals surface area contributed by atoms with Crippen LogP contribution in [0.4, 0.5) is 11.4 Å². The highest BCUT2D eigenvalue weighted by molar-refractivity contribution is 9.10. The van der Waals surface area contributed by atoms with E-state index in [4.69, 9.17) is 0 Å². The maximum Gasteiger partial charge on any atom is 0.262 e. The Balaban J connectivity index is 1.80. The molecule has 4 rings (SSSR count). The fourth-order valence-electron chi connectivity index (χ4n) is 3.06. The molecule has 0 spiro atoms. The Labute approximate surface area is 154 Å². The molecule has 124 valence electrons. The Morgan fingerprint density at radius 3 is 2.64 bits per heavy atom. The molecule has 1 unspecified atom stereocenters. The zero-order chi connectivity index (χ0) is 17.4. The molecule has 5 heteroatoms. The van der Waals surface area contributed by atoms with Crippen molar-refractivity contribution < 1.29 is 4.79 Å². The summed E-state index contributed by atoms with van der Waals surface area (Å²) < 4.78 is 0.956. The van der Waals surface area contributed by atoms with Crippen LogP contribution in [0.15, 0.2) is 71.3 Å². The number of nitrogens with one attached hydrogen (secondary N) is 1. The highest BCUT2D eigenvalue weighted by Crippen LogP contribution is 2.38. The van der Waals surface area contributed by atoms with Crippen molar-refractivity contribution in [2.24, 2.45) is 0 Å². The third-order valence-corrected chi connectivity index (χ3v) is 4.91. The van der Waals surface area contributed by atoms with Crippen LogP contribution in [-0.4, -0.2) is 10.9 Å². The third-order valence-electron chi connectivity index (χ3n) is 4.26. The minimum Gasteiger partial charge on any atom is -0.359 e. The van der Waals surface area contributed by atoms with Crippen molar-refractivity contribution in [1.82, 2.24) is 4.98 Å². The predicted molar refractivity (Wildman–Crippen MR) is 103 cm³/mol. The van der Waals surface area contributed by atoms with Crippen LogP contribution < -0.4 is 10.2 Å². The number of nitrogens with zero attached hydrogens (tertiary/aromatic N) is 2. The van der Waals surface area contributed by atoms with Crippen molar-refractivity contribution >= 4 is 33.2 Å². The Bertz CT molecular complexity index is 943. The van der Waals surface area contributed by atoms with Gasteiger partial charge in [-0.25, -0.2) is 0 Å². The van der Waals surface area contributed by atoms with Crippen molar-refractivity contribution in [2.45, 2.75) is 13.1 Å². The summed E-state index contributed by atoms with van der Waals surface area (Å²) in [4.78, 5) is 19.2. The molecule has 1 aliphatic rings. The molecule has 0 radical (unpaired) electrons. The molecule has 0 aliphatic carbocycles. The second-order valence-corrected chi connectivity index (χ2v) is 6.83. The van der Waals surface area contributed by atoms with Gasteiger partial charge in [0.05, 0.1) is 16.9 Å². The van der Waals surface area contributed by atoms with E-state index in [-0.39, 0.29) is 12.1 Å². The Morgan fingerprint density at radius 1 is 1.08 bits per heavy atom. The molecule has 0 saturated heterocycles. The fraction of sp³-hybridized carbons (Fsp3) is 0.100. The van der Waals surface area contributed by atoms with Gasteiger partial charge in [-0.3, -0.25) is 14.7 Å². The zero-order valence-electron chi connectivity index (χ0n) is 13.6. The van der Waals surface area contributed by atoms with Crippen molar-refractivity contribution in [3.8, 4) is 0 Å². The first-order chi connectivity index (χ1) is 12.1. The van der Waals surface area contributed by atoms with Crippen LogP contribution in [0.3, 0.4) is 0 Å². The van der Waals surface area contributed by atoms with Gasteiger partial charge < -0.3 is 5.32 Å². The van der Waals surface area contributed by atoms with Crippen LogP contribution in [0.2, 0.25) is 0 Å². The summed E-state index contributed by atoms with van der Waals surface area (Å²) in [6.45, 7) is 2.04. The standard InChI is InChI=1S/C20H16BrN3O/c1-13-9-10-17(16(21)12-13)23-19-18-15(8-5-11-22-18)20(25)24(19)14-6-3-2-4-7-14/h2-12,19,23H,1H3. The number of rotatable bonds is 3. The Kier molecular flexibility index (Phi) is 4.01. The maximum atomic E-state index is 13.0. The van der Waals surface area contributed by atoms with E-state index in [1.54, 1.807) is 17.2 Å². The van der Waals surface area contributed by atoms with Gasteiger partial charge in [0, 0.05) is 16.4 Å². The first kappa shape index (κ1) is 15.8. The van der Waals surface area contributed by atoms with E-state index in [1.165, 1.54) is 5.56 Å². The molecular weight excluding hydrogens is 378 g/mol.